The zero-order chi connectivity index (χ0) is 33.8. The van der Waals surface area contributed by atoms with Crippen LogP contribution in [0.1, 0.15) is 101 Å². The van der Waals surface area contributed by atoms with E-state index in [0.29, 0.717) is 0 Å². The lowest BCUT2D eigenvalue weighted by atomic mass is 9.72. The molecule has 2 rings (SSSR count). The van der Waals surface area contributed by atoms with Crippen LogP contribution in [-0.4, -0.2) is 111 Å². The monoisotopic (exact) mass is 620 g/mol. The number of esters is 2. The van der Waals surface area contributed by atoms with E-state index in [9.17, 15) is 49.7 Å². The summed E-state index contributed by atoms with van der Waals surface area (Å²) < 4.78 is 9.24. The molecule has 2 saturated heterocycles. The minimum absolute atomic E-state index is 0.0623. The number of carbonyl (C=O) groups excluding carboxylic acids is 2. The van der Waals surface area contributed by atoms with E-state index in [-0.39, 0.29) is 25.7 Å². The summed E-state index contributed by atoms with van der Waals surface area (Å²) >= 11 is 0. The minimum atomic E-state index is -3.27. The Labute approximate surface area is 251 Å². The fourth-order valence-corrected chi connectivity index (χ4v) is 7.65. The third-order valence-corrected chi connectivity index (χ3v) is 9.18. The summed E-state index contributed by atoms with van der Waals surface area (Å²) in [6.07, 6.45) is -3.31. The number of hydrogen-bond acceptors (Lipinski definition) is 10. The number of piperidine rings is 2. The molecule has 0 spiro atoms. The van der Waals surface area contributed by atoms with Crippen molar-refractivity contribution in [2.45, 2.75) is 147 Å². The van der Waals surface area contributed by atoms with E-state index in [2.05, 4.69) is 0 Å². The number of carbonyl (C=O) groups is 5. The van der Waals surface area contributed by atoms with Crippen LogP contribution in [0, 0.1) is 0 Å². The minimum Gasteiger partial charge on any atom is -0.481 e. The van der Waals surface area contributed by atoms with Crippen molar-refractivity contribution in [2.75, 3.05) is 0 Å². The van der Waals surface area contributed by atoms with Crippen molar-refractivity contribution >= 4 is 29.8 Å². The summed E-state index contributed by atoms with van der Waals surface area (Å²) in [6.45, 7) is 14.2. The number of hydrogen-bond donors (Lipinski definition) is 5. The van der Waals surface area contributed by atoms with E-state index in [1.54, 1.807) is 0 Å². The molecule has 2 aliphatic rings. The molecule has 0 aromatic heterocycles. The van der Waals surface area contributed by atoms with Crippen LogP contribution in [0.4, 0.5) is 0 Å². The van der Waals surface area contributed by atoms with Gasteiger partial charge in [-0.2, -0.15) is 9.85 Å². The predicted octanol–water partition coefficient (Wildman–Crippen LogP) is 2.65. The zero-order valence-electron chi connectivity index (χ0n) is 26.7. The highest BCUT2D eigenvalue weighted by molar-refractivity contribution is 5.91. The highest BCUT2D eigenvalue weighted by Crippen LogP contribution is 2.53. The van der Waals surface area contributed by atoms with Crippen molar-refractivity contribution in [2.24, 2.45) is 0 Å². The first-order valence-corrected chi connectivity index (χ1v) is 14.1. The molecule has 15 heteroatoms. The lowest BCUT2D eigenvalue weighted by molar-refractivity contribution is -1.31. The molecule has 0 aromatic carbocycles. The van der Waals surface area contributed by atoms with Gasteiger partial charge in [-0.3, -0.25) is 14.4 Å². The summed E-state index contributed by atoms with van der Waals surface area (Å²) in [6, 6.07) is -2.52. The molecule has 5 N–H and O–H groups in total. The molecule has 15 nitrogen and oxygen atoms in total. The van der Waals surface area contributed by atoms with Gasteiger partial charge in [0.1, 0.15) is 23.3 Å². The number of likely N-dealkylation sites (tertiary alicyclic amines) is 1. The smallest absolute Gasteiger partial charge is 0.369 e. The van der Waals surface area contributed by atoms with Gasteiger partial charge in [-0.15, -0.1) is 4.84 Å². The molecule has 2 aliphatic heterocycles. The topological polar surface area (TPSA) is 214 Å². The Kier molecular flexibility index (Phi) is 9.51. The van der Waals surface area contributed by atoms with Gasteiger partial charge in [-0.1, -0.05) is 0 Å². The molecular formula is C28H48N2O13+2. The SMILES string of the molecule is CC(=O)OC1CC(C)(C)[N+](O)(OC(CC(=O)O)(C(=O)O)C(C(=O)O)[N+]2(O)C(C)(C)CC(OC(C)=O)CC2(C)C)C(C)(C)C1. The summed E-state index contributed by atoms with van der Waals surface area (Å²) in [5.41, 5.74) is -9.36. The number of rotatable bonds is 10. The molecule has 2 atom stereocenters. The lowest BCUT2D eigenvalue weighted by Crippen LogP contribution is -2.86. The van der Waals surface area contributed by atoms with Crippen LogP contribution in [0.15, 0.2) is 0 Å². The number of ether oxygens (including phenoxy) is 2. The van der Waals surface area contributed by atoms with Gasteiger partial charge in [0.15, 0.2) is 11.1 Å². The molecule has 0 aliphatic carbocycles. The quantitative estimate of drug-likeness (QED) is 0.176. The molecule has 2 fully saturated rings. The summed E-state index contributed by atoms with van der Waals surface area (Å²) in [7, 11) is 0. The van der Waals surface area contributed by atoms with E-state index in [1.165, 1.54) is 69.2 Å². The van der Waals surface area contributed by atoms with Crippen LogP contribution in [-0.2, 0) is 38.3 Å². The Balaban J connectivity index is 2.91. The summed E-state index contributed by atoms with van der Waals surface area (Å²) in [5.74, 6) is -6.88. The van der Waals surface area contributed by atoms with Crippen LogP contribution in [0.25, 0.3) is 0 Å². The second kappa shape index (κ2) is 11.3. The van der Waals surface area contributed by atoms with Crippen LogP contribution in [0.5, 0.6) is 0 Å². The molecule has 0 radical (unpaired) electrons. The number of nitrogens with zero attached hydrogens (tertiary/aromatic N) is 2. The van der Waals surface area contributed by atoms with E-state index < -0.39 is 91.7 Å². The number of hydroxylamine groups is 7. The van der Waals surface area contributed by atoms with Gasteiger partial charge >= 0.3 is 35.4 Å². The van der Waals surface area contributed by atoms with Gasteiger partial charge in [0.2, 0.25) is 0 Å². The largest absolute Gasteiger partial charge is 0.481 e. The van der Waals surface area contributed by atoms with Crippen molar-refractivity contribution < 1.29 is 73.5 Å². The average molecular weight is 621 g/mol. The highest BCUT2D eigenvalue weighted by Gasteiger charge is 2.78. The van der Waals surface area contributed by atoms with Crippen molar-refractivity contribution in [1.82, 2.24) is 0 Å². The average Bonchev–Trinajstić information content (AvgIpc) is 2.73. The van der Waals surface area contributed by atoms with Crippen molar-refractivity contribution in [3.05, 3.63) is 0 Å². The molecule has 0 amide bonds. The number of carboxylic acid groups (broad SMARTS) is 3. The zero-order valence-corrected chi connectivity index (χ0v) is 26.7. The van der Waals surface area contributed by atoms with Gasteiger partial charge < -0.3 is 24.8 Å². The van der Waals surface area contributed by atoms with Gasteiger partial charge in [0, 0.05) is 39.5 Å². The van der Waals surface area contributed by atoms with E-state index in [4.69, 9.17) is 14.3 Å². The summed E-state index contributed by atoms with van der Waals surface area (Å²) in [4.78, 5) is 66.9. The van der Waals surface area contributed by atoms with Crippen LogP contribution in [0.2, 0.25) is 0 Å². The first kappa shape index (κ1) is 36.3. The lowest BCUT2D eigenvalue weighted by Gasteiger charge is -2.62. The Morgan fingerprint density at radius 3 is 1.35 bits per heavy atom. The van der Waals surface area contributed by atoms with Gasteiger partial charge in [-0.25, -0.2) is 14.8 Å². The first-order valence-electron chi connectivity index (χ1n) is 14.1. The molecule has 0 bridgehead atoms. The van der Waals surface area contributed by atoms with Gasteiger partial charge in [0.05, 0.1) is 6.42 Å². The van der Waals surface area contributed by atoms with Crippen molar-refractivity contribution in [1.29, 1.82) is 0 Å². The number of carboxylic acids is 3. The molecule has 2 heterocycles. The number of quaternary nitrogens is 2. The fraction of sp³-hybridized carbons (Fsp3) is 0.821. The maximum atomic E-state index is 13.3. The maximum absolute atomic E-state index is 13.3. The van der Waals surface area contributed by atoms with Crippen molar-refractivity contribution in [3.8, 4) is 0 Å². The third kappa shape index (κ3) is 6.10. The van der Waals surface area contributed by atoms with E-state index >= 15 is 0 Å². The van der Waals surface area contributed by atoms with Crippen LogP contribution < -0.4 is 0 Å². The molecule has 0 saturated carbocycles. The Morgan fingerprint density at radius 2 is 1.07 bits per heavy atom. The van der Waals surface area contributed by atoms with Gasteiger partial charge in [-0.05, 0) is 60.2 Å². The molecule has 2 unspecified atom stereocenters. The summed E-state index contributed by atoms with van der Waals surface area (Å²) in [5, 5.41) is 56.3. The Bertz CT molecular complexity index is 1130. The predicted molar refractivity (Wildman–Crippen MR) is 145 cm³/mol. The molecule has 0 aromatic rings. The Hall–Kier alpha value is -2.85. The maximum Gasteiger partial charge on any atom is 0.369 e. The van der Waals surface area contributed by atoms with E-state index in [1.807, 2.05) is 0 Å². The van der Waals surface area contributed by atoms with Crippen LogP contribution in [0.3, 0.4) is 0 Å². The van der Waals surface area contributed by atoms with Gasteiger partial charge in [0.25, 0.3) is 6.04 Å². The molecular weight excluding hydrogens is 572 g/mol. The standard InChI is InChI=1S/C28H46N2O13/c1-16(31)41-18-11-24(3,4)29(39,25(5,6)12-18)21(22(35)36)28(23(37)38,15-20(33)34)43-30(40)26(7,8)13-19(42-17(2)32)14-27(30,9)10/h18-19,21,39-40H,11-15H2,1-10H3,(H-2,33,34,35,36,37,38)/p+2. The second-order valence-electron chi connectivity index (χ2n) is 14.4. The third-order valence-electron chi connectivity index (χ3n) is 9.18. The highest BCUT2D eigenvalue weighted by atomic mass is 16.9. The normalized spacial score (nSPS) is 32.8. The van der Waals surface area contributed by atoms with Crippen molar-refractivity contribution in [3.63, 3.8) is 0 Å². The number of aliphatic carboxylic acids is 3. The van der Waals surface area contributed by atoms with E-state index in [0.717, 1.165) is 0 Å². The second-order valence-corrected chi connectivity index (χ2v) is 14.4. The Morgan fingerprint density at radius 1 is 0.721 bits per heavy atom. The first-order chi connectivity index (χ1) is 19.1. The molecule has 246 valence electrons. The fourth-order valence-electron chi connectivity index (χ4n) is 7.65. The molecule has 43 heavy (non-hydrogen) atoms. The van der Waals surface area contributed by atoms with Crippen LogP contribution >= 0.6 is 0 Å².